The van der Waals surface area contributed by atoms with Gasteiger partial charge in [-0.2, -0.15) is 0 Å². The minimum Gasteiger partial charge on any atom is -0.212 e. The molecule has 0 heterocycles. The van der Waals surface area contributed by atoms with Crippen LogP contribution in [-0.2, 0) is 10.0 Å². The Labute approximate surface area is 87.3 Å². The molecule has 82 valence electrons. The SMILES string of the molecule is C#CCC(CC)NS(=O)(=O)CCCC. The lowest BCUT2D eigenvalue weighted by atomic mass is 10.2. The Bertz CT molecular complexity index is 277. The fourth-order valence-electron chi connectivity index (χ4n) is 1.06. The average molecular weight is 217 g/mol. The van der Waals surface area contributed by atoms with Gasteiger partial charge in [0, 0.05) is 12.5 Å². The van der Waals surface area contributed by atoms with E-state index in [2.05, 4.69) is 10.6 Å². The van der Waals surface area contributed by atoms with Gasteiger partial charge in [-0.3, -0.25) is 0 Å². The summed E-state index contributed by atoms with van der Waals surface area (Å²) in [5.74, 6) is 2.67. The van der Waals surface area contributed by atoms with Gasteiger partial charge in [-0.05, 0) is 12.8 Å². The van der Waals surface area contributed by atoms with Crippen LogP contribution in [0, 0.1) is 12.3 Å². The number of unbranched alkanes of at least 4 members (excludes halogenated alkanes) is 1. The van der Waals surface area contributed by atoms with Crippen molar-refractivity contribution in [3.05, 3.63) is 0 Å². The van der Waals surface area contributed by atoms with Crippen LogP contribution in [0.3, 0.4) is 0 Å². The van der Waals surface area contributed by atoms with Gasteiger partial charge in [0.2, 0.25) is 10.0 Å². The standard InChI is InChI=1S/C10H19NO2S/c1-4-7-9-14(12,13)11-10(6-3)8-5-2/h2,10-11H,4,6-9H2,1,3H3. The highest BCUT2D eigenvalue weighted by Crippen LogP contribution is 2.01. The first-order valence-corrected chi connectivity index (χ1v) is 6.64. The number of sulfonamides is 1. The smallest absolute Gasteiger partial charge is 0.211 e. The van der Waals surface area contributed by atoms with Crippen LogP contribution in [0.4, 0.5) is 0 Å². The lowest BCUT2D eigenvalue weighted by Crippen LogP contribution is -2.35. The fourth-order valence-corrected chi connectivity index (χ4v) is 2.60. The molecule has 0 rings (SSSR count). The molecule has 0 aromatic rings. The van der Waals surface area contributed by atoms with Crippen LogP contribution < -0.4 is 4.72 Å². The van der Waals surface area contributed by atoms with E-state index >= 15 is 0 Å². The molecule has 0 aromatic heterocycles. The molecular weight excluding hydrogens is 198 g/mol. The van der Waals surface area contributed by atoms with Crippen molar-refractivity contribution in [3.63, 3.8) is 0 Å². The van der Waals surface area contributed by atoms with Crippen LogP contribution in [0.5, 0.6) is 0 Å². The summed E-state index contributed by atoms with van der Waals surface area (Å²) in [4.78, 5) is 0. The summed E-state index contributed by atoms with van der Waals surface area (Å²) in [5, 5.41) is 0. The molecule has 1 unspecified atom stereocenters. The highest BCUT2D eigenvalue weighted by atomic mass is 32.2. The predicted molar refractivity (Wildman–Crippen MR) is 59.4 cm³/mol. The number of hydrogen-bond donors (Lipinski definition) is 1. The van der Waals surface area contributed by atoms with Crippen molar-refractivity contribution in [2.75, 3.05) is 5.75 Å². The van der Waals surface area contributed by atoms with E-state index in [1.54, 1.807) is 0 Å². The van der Waals surface area contributed by atoms with Gasteiger partial charge in [0.15, 0.2) is 0 Å². The van der Waals surface area contributed by atoms with Gasteiger partial charge in [-0.1, -0.05) is 20.3 Å². The van der Waals surface area contributed by atoms with Gasteiger partial charge in [0.05, 0.1) is 5.75 Å². The average Bonchev–Trinajstić information content (AvgIpc) is 2.14. The second kappa shape index (κ2) is 6.86. The first-order valence-electron chi connectivity index (χ1n) is 4.99. The quantitative estimate of drug-likeness (QED) is 0.657. The summed E-state index contributed by atoms with van der Waals surface area (Å²) in [6.45, 7) is 3.89. The Hall–Kier alpha value is -0.530. The second-order valence-corrected chi connectivity index (χ2v) is 5.18. The maximum absolute atomic E-state index is 11.5. The maximum atomic E-state index is 11.5. The van der Waals surface area contributed by atoms with Gasteiger partial charge in [0.25, 0.3) is 0 Å². The van der Waals surface area contributed by atoms with Crippen LogP contribution in [0.1, 0.15) is 39.5 Å². The first kappa shape index (κ1) is 13.5. The van der Waals surface area contributed by atoms with Gasteiger partial charge in [0.1, 0.15) is 0 Å². The van der Waals surface area contributed by atoms with Crippen molar-refractivity contribution in [3.8, 4) is 12.3 Å². The molecule has 0 amide bonds. The molecule has 0 aromatic carbocycles. The molecule has 0 radical (unpaired) electrons. The molecule has 0 spiro atoms. The zero-order chi connectivity index (χ0) is 11.0. The summed E-state index contributed by atoms with van der Waals surface area (Å²) >= 11 is 0. The summed E-state index contributed by atoms with van der Waals surface area (Å²) < 4.78 is 25.5. The van der Waals surface area contributed by atoms with Crippen LogP contribution in [0.15, 0.2) is 0 Å². The molecular formula is C10H19NO2S. The minimum atomic E-state index is -3.12. The van der Waals surface area contributed by atoms with Crippen molar-refractivity contribution >= 4 is 10.0 Å². The summed E-state index contributed by atoms with van der Waals surface area (Å²) in [6.07, 6.45) is 7.91. The van der Waals surface area contributed by atoms with E-state index < -0.39 is 10.0 Å². The Morgan fingerprint density at radius 3 is 2.50 bits per heavy atom. The highest BCUT2D eigenvalue weighted by molar-refractivity contribution is 7.89. The molecule has 0 aliphatic rings. The topological polar surface area (TPSA) is 46.2 Å². The Morgan fingerprint density at radius 2 is 2.07 bits per heavy atom. The Kier molecular flexibility index (Phi) is 6.60. The zero-order valence-corrected chi connectivity index (χ0v) is 9.73. The maximum Gasteiger partial charge on any atom is 0.211 e. The van der Waals surface area contributed by atoms with Crippen molar-refractivity contribution in [2.45, 2.75) is 45.6 Å². The first-order chi connectivity index (χ1) is 6.55. The van der Waals surface area contributed by atoms with Gasteiger partial charge >= 0.3 is 0 Å². The molecule has 14 heavy (non-hydrogen) atoms. The van der Waals surface area contributed by atoms with E-state index in [9.17, 15) is 8.42 Å². The third-order valence-electron chi connectivity index (χ3n) is 1.97. The molecule has 1 N–H and O–H groups in total. The summed E-state index contributed by atoms with van der Waals surface area (Å²) in [7, 11) is -3.12. The number of terminal acetylenes is 1. The van der Waals surface area contributed by atoms with Gasteiger partial charge in [-0.25, -0.2) is 13.1 Å². The van der Waals surface area contributed by atoms with Crippen molar-refractivity contribution < 1.29 is 8.42 Å². The summed E-state index contributed by atoms with van der Waals surface area (Å²) in [6, 6.07) is -0.109. The van der Waals surface area contributed by atoms with Crippen LogP contribution in [0.2, 0.25) is 0 Å². The second-order valence-electron chi connectivity index (χ2n) is 3.30. The van der Waals surface area contributed by atoms with Crippen LogP contribution in [-0.4, -0.2) is 20.2 Å². The van der Waals surface area contributed by atoms with Crippen LogP contribution >= 0.6 is 0 Å². The lowest BCUT2D eigenvalue weighted by Gasteiger charge is -2.13. The van der Waals surface area contributed by atoms with E-state index in [1.165, 1.54) is 0 Å². The molecule has 3 nitrogen and oxygen atoms in total. The Morgan fingerprint density at radius 1 is 1.43 bits per heavy atom. The molecule has 0 bridgehead atoms. The number of rotatable bonds is 7. The van der Waals surface area contributed by atoms with E-state index in [1.807, 2.05) is 13.8 Å². The fraction of sp³-hybridized carbons (Fsp3) is 0.800. The number of hydrogen-bond acceptors (Lipinski definition) is 2. The molecule has 1 atom stereocenters. The van der Waals surface area contributed by atoms with E-state index in [0.717, 1.165) is 12.8 Å². The zero-order valence-electron chi connectivity index (χ0n) is 8.91. The predicted octanol–water partition coefficient (Wildman–Crippen LogP) is 1.51. The highest BCUT2D eigenvalue weighted by Gasteiger charge is 2.14. The Balaban J connectivity index is 4.12. The molecule has 0 aliphatic carbocycles. The van der Waals surface area contributed by atoms with E-state index in [0.29, 0.717) is 12.8 Å². The lowest BCUT2D eigenvalue weighted by molar-refractivity contribution is 0.541. The van der Waals surface area contributed by atoms with Crippen molar-refractivity contribution in [2.24, 2.45) is 0 Å². The van der Waals surface area contributed by atoms with Crippen LogP contribution in [0.25, 0.3) is 0 Å². The van der Waals surface area contributed by atoms with Gasteiger partial charge < -0.3 is 0 Å². The van der Waals surface area contributed by atoms with Crippen molar-refractivity contribution in [1.82, 2.24) is 4.72 Å². The normalized spacial score (nSPS) is 13.5. The monoisotopic (exact) mass is 217 g/mol. The van der Waals surface area contributed by atoms with Crippen molar-refractivity contribution in [1.29, 1.82) is 0 Å². The molecule has 0 saturated heterocycles. The minimum absolute atomic E-state index is 0.109. The molecule has 4 heteroatoms. The third kappa shape index (κ3) is 6.01. The third-order valence-corrected chi connectivity index (χ3v) is 3.49. The largest absolute Gasteiger partial charge is 0.212 e. The number of nitrogens with one attached hydrogen (secondary N) is 1. The summed E-state index contributed by atoms with van der Waals surface area (Å²) in [5.41, 5.74) is 0. The molecule has 0 fully saturated rings. The van der Waals surface area contributed by atoms with E-state index in [-0.39, 0.29) is 11.8 Å². The molecule has 0 aliphatic heterocycles. The van der Waals surface area contributed by atoms with E-state index in [4.69, 9.17) is 6.42 Å². The van der Waals surface area contributed by atoms with Gasteiger partial charge in [-0.15, -0.1) is 12.3 Å². The molecule has 0 saturated carbocycles.